The molecule has 0 fully saturated rings. The van der Waals surface area contributed by atoms with Crippen LogP contribution in [0.25, 0.3) is 0 Å². The summed E-state index contributed by atoms with van der Waals surface area (Å²) in [5, 5.41) is 3.44. The highest BCUT2D eigenvalue weighted by Gasteiger charge is 1.97. The lowest BCUT2D eigenvalue weighted by atomic mass is 10.1. The maximum atomic E-state index is 5.79. The quantitative estimate of drug-likeness (QED) is 0.627. The number of ether oxygens (including phenoxy) is 1. The minimum Gasteiger partial charge on any atom is -0.489 e. The standard InChI is InChI=1S/C21H21NO.ClH/c1-3-7-18(8-4-1)15-16-22-20-11-13-21(14-12-20)23-17-19-9-5-2-6-10-19;/h1-14,22H,15-17H2;1H. The van der Waals surface area contributed by atoms with Gasteiger partial charge in [-0.3, -0.25) is 0 Å². The lowest BCUT2D eigenvalue weighted by Gasteiger charge is -2.09. The van der Waals surface area contributed by atoms with Gasteiger partial charge < -0.3 is 10.1 Å². The molecule has 0 bridgehead atoms. The molecular formula is C21H22ClNO. The van der Waals surface area contributed by atoms with Crippen LogP contribution in [0.4, 0.5) is 5.69 Å². The molecule has 3 aromatic rings. The van der Waals surface area contributed by atoms with Crippen LogP contribution in [0.2, 0.25) is 0 Å². The molecular weight excluding hydrogens is 318 g/mol. The topological polar surface area (TPSA) is 21.3 Å². The first-order chi connectivity index (χ1) is 11.4. The summed E-state index contributed by atoms with van der Waals surface area (Å²) < 4.78 is 5.79. The number of rotatable bonds is 7. The normalized spacial score (nSPS) is 9.83. The first-order valence-corrected chi connectivity index (χ1v) is 7.95. The summed E-state index contributed by atoms with van der Waals surface area (Å²) in [7, 11) is 0. The number of nitrogens with one attached hydrogen (secondary N) is 1. The first kappa shape index (κ1) is 17.9. The maximum absolute atomic E-state index is 5.79. The van der Waals surface area contributed by atoms with E-state index in [1.807, 2.05) is 36.4 Å². The molecule has 0 atom stereocenters. The fraction of sp³-hybridized carbons (Fsp3) is 0.143. The van der Waals surface area contributed by atoms with Crippen molar-refractivity contribution in [2.24, 2.45) is 0 Å². The third kappa shape index (κ3) is 5.64. The molecule has 0 saturated heterocycles. The van der Waals surface area contributed by atoms with Gasteiger partial charge in [0.1, 0.15) is 12.4 Å². The Bertz CT molecular complexity index is 699. The van der Waals surface area contributed by atoms with Crippen molar-refractivity contribution in [2.75, 3.05) is 11.9 Å². The Morgan fingerprint density at radius 1 is 0.667 bits per heavy atom. The summed E-state index contributed by atoms with van der Waals surface area (Å²) in [5.41, 5.74) is 3.65. The second-order valence-corrected chi connectivity index (χ2v) is 5.46. The lowest BCUT2D eigenvalue weighted by molar-refractivity contribution is 0.306. The molecule has 0 spiro atoms. The fourth-order valence-corrected chi connectivity index (χ4v) is 2.41. The second-order valence-electron chi connectivity index (χ2n) is 5.46. The van der Waals surface area contributed by atoms with Gasteiger partial charge in [0.2, 0.25) is 0 Å². The van der Waals surface area contributed by atoms with Crippen molar-refractivity contribution in [3.05, 3.63) is 96.1 Å². The molecule has 124 valence electrons. The number of benzene rings is 3. The largest absolute Gasteiger partial charge is 0.489 e. The molecule has 2 nitrogen and oxygen atoms in total. The van der Waals surface area contributed by atoms with Crippen LogP contribution in [-0.2, 0) is 13.0 Å². The van der Waals surface area contributed by atoms with Gasteiger partial charge in [-0.2, -0.15) is 0 Å². The van der Waals surface area contributed by atoms with Crippen molar-refractivity contribution in [1.82, 2.24) is 0 Å². The smallest absolute Gasteiger partial charge is 0.119 e. The van der Waals surface area contributed by atoms with Gasteiger partial charge in [0.25, 0.3) is 0 Å². The molecule has 0 unspecified atom stereocenters. The highest BCUT2D eigenvalue weighted by Crippen LogP contribution is 2.17. The zero-order chi connectivity index (χ0) is 15.7. The highest BCUT2D eigenvalue weighted by molar-refractivity contribution is 5.85. The van der Waals surface area contributed by atoms with E-state index in [4.69, 9.17) is 4.74 Å². The van der Waals surface area contributed by atoms with Crippen LogP contribution in [0.1, 0.15) is 11.1 Å². The Hall–Kier alpha value is -2.45. The molecule has 0 aliphatic rings. The molecule has 0 radical (unpaired) electrons. The van der Waals surface area contributed by atoms with Crippen LogP contribution in [0, 0.1) is 0 Å². The van der Waals surface area contributed by atoms with Crippen LogP contribution in [0.5, 0.6) is 5.75 Å². The van der Waals surface area contributed by atoms with E-state index < -0.39 is 0 Å². The predicted octanol–water partition coefficient (Wildman–Crippen LogP) is 5.34. The van der Waals surface area contributed by atoms with E-state index >= 15 is 0 Å². The molecule has 0 aliphatic carbocycles. The van der Waals surface area contributed by atoms with Crippen LogP contribution in [0.3, 0.4) is 0 Å². The average molecular weight is 340 g/mol. The Balaban J connectivity index is 0.00000208. The molecule has 1 N–H and O–H groups in total. The molecule has 3 heteroatoms. The molecule has 24 heavy (non-hydrogen) atoms. The van der Waals surface area contributed by atoms with E-state index in [2.05, 4.69) is 53.8 Å². The van der Waals surface area contributed by atoms with Crippen molar-refractivity contribution >= 4 is 18.1 Å². The van der Waals surface area contributed by atoms with Crippen LogP contribution >= 0.6 is 12.4 Å². The van der Waals surface area contributed by atoms with E-state index in [9.17, 15) is 0 Å². The zero-order valence-electron chi connectivity index (χ0n) is 13.5. The Kier molecular flexibility index (Phi) is 7.19. The van der Waals surface area contributed by atoms with Crippen molar-refractivity contribution in [1.29, 1.82) is 0 Å². The van der Waals surface area contributed by atoms with Gasteiger partial charge in [-0.25, -0.2) is 0 Å². The van der Waals surface area contributed by atoms with Gasteiger partial charge in [-0.15, -0.1) is 12.4 Å². The lowest BCUT2D eigenvalue weighted by Crippen LogP contribution is -2.04. The van der Waals surface area contributed by atoms with E-state index in [-0.39, 0.29) is 12.4 Å². The SMILES string of the molecule is Cl.c1ccc(CCNc2ccc(OCc3ccccc3)cc2)cc1. The summed E-state index contributed by atoms with van der Waals surface area (Å²) in [6, 6.07) is 28.9. The molecule has 3 rings (SSSR count). The first-order valence-electron chi connectivity index (χ1n) is 7.95. The van der Waals surface area contributed by atoms with Crippen molar-refractivity contribution < 1.29 is 4.74 Å². The summed E-state index contributed by atoms with van der Waals surface area (Å²) in [5.74, 6) is 0.891. The number of halogens is 1. The number of hydrogen-bond acceptors (Lipinski definition) is 2. The van der Waals surface area contributed by atoms with Crippen LogP contribution < -0.4 is 10.1 Å². The van der Waals surface area contributed by atoms with Crippen LogP contribution in [0.15, 0.2) is 84.9 Å². The van der Waals surface area contributed by atoms with E-state index in [0.717, 1.165) is 24.4 Å². The van der Waals surface area contributed by atoms with Gasteiger partial charge in [0, 0.05) is 12.2 Å². The van der Waals surface area contributed by atoms with E-state index in [1.165, 1.54) is 11.1 Å². The Morgan fingerprint density at radius 2 is 1.25 bits per heavy atom. The fourth-order valence-electron chi connectivity index (χ4n) is 2.41. The van der Waals surface area contributed by atoms with E-state index in [0.29, 0.717) is 6.61 Å². The molecule has 0 saturated carbocycles. The molecule has 0 heterocycles. The number of hydrogen-bond donors (Lipinski definition) is 1. The molecule has 0 aromatic heterocycles. The van der Waals surface area contributed by atoms with Gasteiger partial charge in [0.15, 0.2) is 0 Å². The van der Waals surface area contributed by atoms with Crippen molar-refractivity contribution in [2.45, 2.75) is 13.0 Å². The minimum atomic E-state index is 0. The molecule has 3 aromatic carbocycles. The van der Waals surface area contributed by atoms with Gasteiger partial charge >= 0.3 is 0 Å². The summed E-state index contributed by atoms with van der Waals surface area (Å²) in [4.78, 5) is 0. The summed E-state index contributed by atoms with van der Waals surface area (Å²) in [6.45, 7) is 1.52. The second kappa shape index (κ2) is 9.64. The van der Waals surface area contributed by atoms with Crippen molar-refractivity contribution in [3.8, 4) is 5.75 Å². The Morgan fingerprint density at radius 3 is 1.88 bits per heavy atom. The molecule has 0 aliphatic heterocycles. The zero-order valence-corrected chi connectivity index (χ0v) is 14.3. The van der Waals surface area contributed by atoms with Gasteiger partial charge in [-0.05, 0) is 41.8 Å². The third-order valence-electron chi connectivity index (χ3n) is 3.69. The van der Waals surface area contributed by atoms with Gasteiger partial charge in [-0.1, -0.05) is 60.7 Å². The van der Waals surface area contributed by atoms with Gasteiger partial charge in [0.05, 0.1) is 0 Å². The monoisotopic (exact) mass is 339 g/mol. The molecule has 0 amide bonds. The maximum Gasteiger partial charge on any atom is 0.119 e. The Labute approximate surface area is 149 Å². The average Bonchev–Trinajstić information content (AvgIpc) is 2.63. The predicted molar refractivity (Wildman–Crippen MR) is 103 cm³/mol. The summed E-state index contributed by atoms with van der Waals surface area (Å²) >= 11 is 0. The van der Waals surface area contributed by atoms with E-state index in [1.54, 1.807) is 0 Å². The van der Waals surface area contributed by atoms with Crippen molar-refractivity contribution in [3.63, 3.8) is 0 Å². The van der Waals surface area contributed by atoms with Crippen LogP contribution in [-0.4, -0.2) is 6.54 Å². The summed E-state index contributed by atoms with van der Waals surface area (Å²) in [6.07, 6.45) is 1.02. The number of anilines is 1. The highest BCUT2D eigenvalue weighted by atomic mass is 35.5. The third-order valence-corrected chi connectivity index (χ3v) is 3.69. The minimum absolute atomic E-state index is 0.